The lowest BCUT2D eigenvalue weighted by molar-refractivity contribution is 0.0696. The van der Waals surface area contributed by atoms with Crippen LogP contribution in [0.5, 0.6) is 0 Å². The summed E-state index contributed by atoms with van der Waals surface area (Å²) in [6.07, 6.45) is 6.17. The topological polar surface area (TPSA) is 40.5 Å². The highest BCUT2D eigenvalue weighted by molar-refractivity contribution is 5.87. The zero-order valence-corrected chi connectivity index (χ0v) is 11.9. The largest absolute Gasteiger partial charge is 0.478 e. The molecule has 2 rings (SSSR count). The van der Waals surface area contributed by atoms with Gasteiger partial charge in [-0.1, -0.05) is 32.3 Å². The smallest absolute Gasteiger partial charge is 0.335 e. The predicted molar refractivity (Wildman–Crippen MR) is 76.3 cm³/mol. The van der Waals surface area contributed by atoms with E-state index in [1.807, 2.05) is 0 Å². The summed E-state index contributed by atoms with van der Waals surface area (Å²) in [7, 11) is 0. The molecule has 1 aromatic carbocycles. The quantitative estimate of drug-likeness (QED) is 0.894. The van der Waals surface area contributed by atoms with Gasteiger partial charge < -0.3 is 5.11 Å². The molecule has 1 aliphatic carbocycles. The molecule has 1 saturated carbocycles. The first-order chi connectivity index (χ1) is 9.61. The van der Waals surface area contributed by atoms with Crippen molar-refractivity contribution >= 4 is 5.97 Å². The van der Waals surface area contributed by atoms with E-state index in [1.54, 1.807) is 6.07 Å². The lowest BCUT2D eigenvalue weighted by Crippen LogP contribution is -2.36. The van der Waals surface area contributed by atoms with Gasteiger partial charge in [0.25, 0.3) is 0 Å². The van der Waals surface area contributed by atoms with Crippen molar-refractivity contribution in [3.8, 4) is 0 Å². The van der Waals surface area contributed by atoms with Gasteiger partial charge in [-0.25, -0.2) is 9.18 Å². The molecule has 0 aromatic heterocycles. The third-order valence-corrected chi connectivity index (χ3v) is 4.17. The lowest BCUT2D eigenvalue weighted by Gasteiger charge is -2.33. The molecule has 1 fully saturated rings. The van der Waals surface area contributed by atoms with Crippen molar-refractivity contribution in [1.82, 2.24) is 4.90 Å². The Morgan fingerprint density at radius 1 is 1.35 bits per heavy atom. The first-order valence-electron chi connectivity index (χ1n) is 7.37. The summed E-state index contributed by atoms with van der Waals surface area (Å²) in [5.74, 6) is -1.51. The molecule has 0 atom stereocenters. The predicted octanol–water partition coefficient (Wildman–Crippen LogP) is 3.68. The van der Waals surface area contributed by atoms with E-state index in [1.165, 1.54) is 38.2 Å². The third kappa shape index (κ3) is 3.57. The Labute approximate surface area is 119 Å². The number of nitrogens with zero attached hydrogens (tertiary/aromatic N) is 1. The van der Waals surface area contributed by atoms with Crippen LogP contribution in [0.1, 0.15) is 54.9 Å². The monoisotopic (exact) mass is 279 g/mol. The molecular weight excluding hydrogens is 257 g/mol. The van der Waals surface area contributed by atoms with E-state index < -0.39 is 11.8 Å². The van der Waals surface area contributed by atoms with Crippen molar-refractivity contribution < 1.29 is 14.3 Å². The Morgan fingerprint density at radius 2 is 2.05 bits per heavy atom. The summed E-state index contributed by atoms with van der Waals surface area (Å²) < 4.78 is 14.0. The van der Waals surface area contributed by atoms with Gasteiger partial charge in [-0.2, -0.15) is 0 Å². The summed E-state index contributed by atoms with van der Waals surface area (Å²) in [5, 5.41) is 8.85. The maximum Gasteiger partial charge on any atom is 0.335 e. The fourth-order valence-electron chi connectivity index (χ4n) is 2.97. The van der Waals surface area contributed by atoms with Crippen LogP contribution in [-0.4, -0.2) is 28.6 Å². The van der Waals surface area contributed by atoms with Crippen LogP contribution >= 0.6 is 0 Å². The van der Waals surface area contributed by atoms with E-state index in [0.29, 0.717) is 18.2 Å². The molecule has 20 heavy (non-hydrogen) atoms. The lowest BCUT2D eigenvalue weighted by atomic mass is 9.94. The van der Waals surface area contributed by atoms with Crippen molar-refractivity contribution in [2.75, 3.05) is 6.54 Å². The molecule has 1 aliphatic rings. The highest BCUT2D eigenvalue weighted by Gasteiger charge is 2.21. The highest BCUT2D eigenvalue weighted by Crippen LogP contribution is 2.24. The fraction of sp³-hybridized carbons (Fsp3) is 0.562. The van der Waals surface area contributed by atoms with Gasteiger partial charge in [0.05, 0.1) is 5.56 Å². The minimum absolute atomic E-state index is 0.00645. The maximum atomic E-state index is 14.0. The summed E-state index contributed by atoms with van der Waals surface area (Å²) >= 11 is 0. The molecule has 0 bridgehead atoms. The normalized spacial score (nSPS) is 16.6. The Hall–Kier alpha value is -1.42. The Balaban J connectivity index is 2.08. The van der Waals surface area contributed by atoms with Gasteiger partial charge in [-0.15, -0.1) is 0 Å². The van der Waals surface area contributed by atoms with E-state index in [4.69, 9.17) is 5.11 Å². The zero-order chi connectivity index (χ0) is 14.5. The van der Waals surface area contributed by atoms with Crippen molar-refractivity contribution in [2.45, 2.75) is 51.6 Å². The molecular formula is C16H22FNO2. The van der Waals surface area contributed by atoms with Crippen molar-refractivity contribution in [3.05, 3.63) is 35.1 Å². The standard InChI is InChI=1S/C16H22FNO2/c1-2-18(14-6-4-3-5-7-14)11-13-9-8-12(16(19)20)10-15(13)17/h8-10,14H,2-7,11H2,1H3,(H,19,20). The Morgan fingerprint density at radius 3 is 2.60 bits per heavy atom. The minimum atomic E-state index is -1.09. The number of rotatable bonds is 5. The van der Waals surface area contributed by atoms with Gasteiger partial charge in [0, 0.05) is 18.2 Å². The maximum absolute atomic E-state index is 14.0. The third-order valence-electron chi connectivity index (χ3n) is 4.17. The van der Waals surface area contributed by atoms with Crippen LogP contribution in [0.3, 0.4) is 0 Å². The second-order valence-corrected chi connectivity index (χ2v) is 5.47. The number of carboxylic acid groups (broad SMARTS) is 1. The number of aromatic carboxylic acids is 1. The first-order valence-corrected chi connectivity index (χ1v) is 7.37. The van der Waals surface area contributed by atoms with Crippen LogP contribution in [0.25, 0.3) is 0 Å². The van der Waals surface area contributed by atoms with Crippen LogP contribution in [0.2, 0.25) is 0 Å². The number of hydrogen-bond donors (Lipinski definition) is 1. The van der Waals surface area contributed by atoms with E-state index in [9.17, 15) is 9.18 Å². The molecule has 0 aliphatic heterocycles. The Kier molecular flexibility index (Phi) is 5.12. The van der Waals surface area contributed by atoms with E-state index >= 15 is 0 Å². The van der Waals surface area contributed by atoms with Gasteiger partial charge in [-0.3, -0.25) is 4.90 Å². The average molecular weight is 279 g/mol. The molecule has 1 N–H and O–H groups in total. The summed E-state index contributed by atoms with van der Waals surface area (Å²) in [6, 6.07) is 4.74. The molecule has 0 saturated heterocycles. The number of benzene rings is 1. The molecule has 1 aromatic rings. The average Bonchev–Trinajstić information content (AvgIpc) is 2.46. The summed E-state index contributed by atoms with van der Waals surface area (Å²) in [4.78, 5) is 13.1. The fourth-order valence-corrected chi connectivity index (χ4v) is 2.97. The minimum Gasteiger partial charge on any atom is -0.478 e. The first kappa shape index (κ1) is 15.0. The molecule has 0 radical (unpaired) electrons. The Bertz CT molecular complexity index is 470. The molecule has 3 nitrogen and oxygen atoms in total. The molecule has 0 spiro atoms. The van der Waals surface area contributed by atoms with Crippen LogP contribution < -0.4 is 0 Å². The van der Waals surface area contributed by atoms with Gasteiger partial charge in [-0.05, 0) is 31.5 Å². The zero-order valence-electron chi connectivity index (χ0n) is 11.9. The number of hydrogen-bond acceptors (Lipinski definition) is 2. The second-order valence-electron chi connectivity index (χ2n) is 5.47. The number of carbonyl (C=O) groups is 1. The van der Waals surface area contributed by atoms with E-state index in [2.05, 4.69) is 11.8 Å². The highest BCUT2D eigenvalue weighted by atomic mass is 19.1. The molecule has 110 valence electrons. The van der Waals surface area contributed by atoms with Gasteiger partial charge in [0.2, 0.25) is 0 Å². The van der Waals surface area contributed by atoms with Crippen molar-refractivity contribution in [2.24, 2.45) is 0 Å². The molecule has 0 unspecified atom stereocenters. The molecule has 0 amide bonds. The van der Waals surface area contributed by atoms with E-state index in [0.717, 1.165) is 12.6 Å². The summed E-state index contributed by atoms with van der Waals surface area (Å²) in [6.45, 7) is 3.55. The van der Waals surface area contributed by atoms with Crippen molar-refractivity contribution in [1.29, 1.82) is 0 Å². The second kappa shape index (κ2) is 6.84. The number of halogens is 1. The number of carboxylic acids is 1. The SMILES string of the molecule is CCN(Cc1ccc(C(=O)O)cc1F)C1CCCCC1. The van der Waals surface area contributed by atoms with Crippen LogP contribution in [-0.2, 0) is 6.54 Å². The van der Waals surface area contributed by atoms with Crippen LogP contribution in [0.4, 0.5) is 4.39 Å². The van der Waals surface area contributed by atoms with Gasteiger partial charge >= 0.3 is 5.97 Å². The van der Waals surface area contributed by atoms with Crippen molar-refractivity contribution in [3.63, 3.8) is 0 Å². The van der Waals surface area contributed by atoms with Gasteiger partial charge in [0.1, 0.15) is 5.82 Å². The van der Waals surface area contributed by atoms with E-state index in [-0.39, 0.29) is 5.56 Å². The van der Waals surface area contributed by atoms with Gasteiger partial charge in [0.15, 0.2) is 0 Å². The summed E-state index contributed by atoms with van der Waals surface area (Å²) in [5.41, 5.74) is 0.592. The molecule has 4 heteroatoms. The van der Waals surface area contributed by atoms with Crippen LogP contribution in [0, 0.1) is 5.82 Å². The molecule has 0 heterocycles. The van der Waals surface area contributed by atoms with Crippen LogP contribution in [0.15, 0.2) is 18.2 Å².